The summed E-state index contributed by atoms with van der Waals surface area (Å²) in [6, 6.07) is 0. The molecule has 0 radical (unpaired) electrons. The maximum Gasteiger partial charge on any atom is 0.341 e. The topological polar surface area (TPSA) is 52.6 Å². The molecule has 100 valence electrons. The molecule has 0 aromatic heterocycles. The Hall–Kier alpha value is -0.440. The lowest BCUT2D eigenvalue weighted by atomic mass is 10.1. The number of allylic oxidation sites excluding steroid dienone is 1. The third kappa shape index (κ3) is 5.15. The molecule has 0 aliphatic heterocycles. The quantitative estimate of drug-likeness (QED) is 0.446. The highest BCUT2D eigenvalue weighted by molar-refractivity contribution is 7.55. The van der Waals surface area contributed by atoms with Gasteiger partial charge < -0.3 is 9.05 Å². The van der Waals surface area contributed by atoms with E-state index >= 15 is 0 Å². The Bertz CT molecular complexity index is 278. The van der Waals surface area contributed by atoms with E-state index in [2.05, 4.69) is 6.58 Å². The van der Waals surface area contributed by atoms with Gasteiger partial charge in [0.2, 0.25) is 0 Å². The van der Waals surface area contributed by atoms with E-state index in [-0.39, 0.29) is 19.0 Å². The Morgan fingerprint density at radius 3 is 2.18 bits per heavy atom. The van der Waals surface area contributed by atoms with Gasteiger partial charge in [-0.1, -0.05) is 13.0 Å². The molecule has 0 saturated heterocycles. The van der Waals surface area contributed by atoms with Gasteiger partial charge in [0.05, 0.1) is 13.2 Å². The summed E-state index contributed by atoms with van der Waals surface area (Å²) in [6.07, 6.45) is 3.03. The number of carbonyl (C=O) groups excluding carboxylic acids is 1. The second kappa shape index (κ2) is 8.62. The van der Waals surface area contributed by atoms with Crippen molar-refractivity contribution < 1.29 is 18.4 Å². The molecule has 1 unspecified atom stereocenters. The molecular formula is C12H23O4P. The number of ketones is 1. The van der Waals surface area contributed by atoms with Crippen LogP contribution in [0.5, 0.6) is 0 Å². The van der Waals surface area contributed by atoms with Crippen molar-refractivity contribution in [2.24, 2.45) is 0 Å². The molecule has 0 aromatic carbocycles. The van der Waals surface area contributed by atoms with Crippen molar-refractivity contribution in [3.63, 3.8) is 0 Å². The second-order valence-electron chi connectivity index (χ2n) is 3.63. The zero-order valence-corrected chi connectivity index (χ0v) is 11.9. The van der Waals surface area contributed by atoms with Crippen LogP contribution < -0.4 is 0 Å². The minimum atomic E-state index is -3.35. The van der Waals surface area contributed by atoms with Crippen molar-refractivity contribution in [1.29, 1.82) is 0 Å². The van der Waals surface area contributed by atoms with Crippen LogP contribution in [0.3, 0.4) is 0 Å². The van der Waals surface area contributed by atoms with Gasteiger partial charge in [-0.05, 0) is 26.7 Å². The molecular weight excluding hydrogens is 239 g/mol. The summed E-state index contributed by atoms with van der Waals surface area (Å²) in [5.74, 6) is -0.0716. The van der Waals surface area contributed by atoms with Gasteiger partial charge in [0.25, 0.3) is 0 Å². The molecule has 17 heavy (non-hydrogen) atoms. The SMILES string of the molecule is C=CCC(C(=O)CCC)P(=O)(OCC)OCC. The van der Waals surface area contributed by atoms with Crippen molar-refractivity contribution in [3.05, 3.63) is 12.7 Å². The lowest BCUT2D eigenvalue weighted by molar-refractivity contribution is -0.119. The smallest absolute Gasteiger partial charge is 0.308 e. The minimum absolute atomic E-state index is 0.0716. The standard InChI is InChI=1S/C12H23O4P/c1-5-9-11(13)12(10-6-2)17(14,15-7-3)16-8-4/h6,12H,2,5,7-10H2,1,3-4H3. The summed E-state index contributed by atoms with van der Waals surface area (Å²) in [7, 11) is -3.35. The first kappa shape index (κ1) is 16.6. The lowest BCUT2D eigenvalue weighted by Crippen LogP contribution is -2.23. The first-order valence-corrected chi connectivity index (χ1v) is 7.69. The van der Waals surface area contributed by atoms with Gasteiger partial charge in [0.15, 0.2) is 0 Å². The molecule has 1 atom stereocenters. The van der Waals surface area contributed by atoms with Crippen LogP contribution in [-0.2, 0) is 18.4 Å². The molecule has 0 rings (SSSR count). The third-order valence-electron chi connectivity index (χ3n) is 2.26. The van der Waals surface area contributed by atoms with Crippen LogP contribution in [0.2, 0.25) is 0 Å². The molecule has 0 aromatic rings. The van der Waals surface area contributed by atoms with Crippen molar-refractivity contribution >= 4 is 13.4 Å². The first-order valence-electron chi connectivity index (χ1n) is 6.08. The molecule has 4 nitrogen and oxygen atoms in total. The molecule has 0 amide bonds. The maximum atomic E-state index is 12.5. The van der Waals surface area contributed by atoms with Gasteiger partial charge in [-0.3, -0.25) is 9.36 Å². The van der Waals surface area contributed by atoms with Crippen molar-refractivity contribution in [3.8, 4) is 0 Å². The molecule has 0 spiro atoms. The Kier molecular flexibility index (Phi) is 8.40. The number of hydrogen-bond acceptors (Lipinski definition) is 4. The number of rotatable bonds is 10. The molecule has 0 aliphatic carbocycles. The highest BCUT2D eigenvalue weighted by Gasteiger charge is 2.39. The Morgan fingerprint density at radius 1 is 1.29 bits per heavy atom. The second-order valence-corrected chi connectivity index (χ2v) is 5.85. The van der Waals surface area contributed by atoms with Gasteiger partial charge in [-0.25, -0.2) is 0 Å². The molecule has 5 heteroatoms. The lowest BCUT2D eigenvalue weighted by Gasteiger charge is -2.24. The predicted octanol–water partition coefficient (Wildman–Crippen LogP) is 3.57. The monoisotopic (exact) mass is 262 g/mol. The molecule has 0 aliphatic rings. The Balaban J connectivity index is 5.00. The van der Waals surface area contributed by atoms with Crippen LogP contribution in [0.4, 0.5) is 0 Å². The minimum Gasteiger partial charge on any atom is -0.308 e. The van der Waals surface area contributed by atoms with E-state index in [1.807, 2.05) is 6.92 Å². The number of hydrogen-bond donors (Lipinski definition) is 0. The predicted molar refractivity (Wildman–Crippen MR) is 69.4 cm³/mol. The normalized spacial score (nSPS) is 13.4. The molecule has 0 fully saturated rings. The van der Waals surface area contributed by atoms with Crippen LogP contribution in [0, 0.1) is 0 Å². The van der Waals surface area contributed by atoms with Gasteiger partial charge in [-0.2, -0.15) is 0 Å². The van der Waals surface area contributed by atoms with Crippen molar-refractivity contribution in [1.82, 2.24) is 0 Å². The summed E-state index contributed by atoms with van der Waals surface area (Å²) in [4.78, 5) is 11.9. The highest BCUT2D eigenvalue weighted by Crippen LogP contribution is 2.54. The average molecular weight is 262 g/mol. The Labute approximate surface area is 104 Å². The largest absolute Gasteiger partial charge is 0.341 e. The van der Waals surface area contributed by atoms with Gasteiger partial charge in [0, 0.05) is 6.42 Å². The fourth-order valence-corrected chi connectivity index (χ4v) is 3.63. The summed E-state index contributed by atoms with van der Waals surface area (Å²) in [5.41, 5.74) is -0.708. The van der Waals surface area contributed by atoms with Crippen molar-refractivity contribution in [2.45, 2.75) is 45.7 Å². The maximum absolute atomic E-state index is 12.5. The zero-order chi connectivity index (χ0) is 13.3. The summed E-state index contributed by atoms with van der Waals surface area (Å²) in [5, 5.41) is 0. The molecule has 0 heterocycles. The van der Waals surface area contributed by atoms with Crippen molar-refractivity contribution in [2.75, 3.05) is 13.2 Å². The Morgan fingerprint density at radius 2 is 1.82 bits per heavy atom. The van der Waals surface area contributed by atoms with E-state index in [4.69, 9.17) is 9.05 Å². The summed E-state index contributed by atoms with van der Waals surface area (Å²) < 4.78 is 22.9. The average Bonchev–Trinajstić information content (AvgIpc) is 2.26. The summed E-state index contributed by atoms with van der Waals surface area (Å²) >= 11 is 0. The van der Waals surface area contributed by atoms with Crippen LogP contribution in [0.1, 0.15) is 40.0 Å². The van der Waals surface area contributed by atoms with E-state index in [9.17, 15) is 9.36 Å². The van der Waals surface area contributed by atoms with Crippen LogP contribution in [-0.4, -0.2) is 24.7 Å². The fourth-order valence-electron chi connectivity index (χ4n) is 1.58. The van der Waals surface area contributed by atoms with Crippen LogP contribution in [0.15, 0.2) is 12.7 Å². The highest BCUT2D eigenvalue weighted by atomic mass is 31.2. The summed E-state index contributed by atoms with van der Waals surface area (Å²) in [6.45, 7) is 9.51. The molecule has 0 bridgehead atoms. The van der Waals surface area contributed by atoms with Crippen LogP contribution >= 0.6 is 7.60 Å². The van der Waals surface area contributed by atoms with Crippen LogP contribution in [0.25, 0.3) is 0 Å². The third-order valence-corrected chi connectivity index (χ3v) is 4.76. The van der Waals surface area contributed by atoms with Gasteiger partial charge in [-0.15, -0.1) is 6.58 Å². The number of carbonyl (C=O) groups is 1. The van der Waals surface area contributed by atoms with Gasteiger partial charge >= 0.3 is 7.60 Å². The number of Topliss-reactive ketones (excluding diaryl/α,β-unsaturated/α-hetero) is 1. The fraction of sp³-hybridized carbons (Fsp3) is 0.750. The van der Waals surface area contributed by atoms with E-state index in [1.165, 1.54) is 0 Å². The molecule has 0 saturated carbocycles. The van der Waals surface area contributed by atoms with E-state index in [0.717, 1.165) is 6.42 Å². The first-order chi connectivity index (χ1) is 8.05. The zero-order valence-electron chi connectivity index (χ0n) is 11.0. The van der Waals surface area contributed by atoms with E-state index in [1.54, 1.807) is 19.9 Å². The van der Waals surface area contributed by atoms with Gasteiger partial charge in [0.1, 0.15) is 11.4 Å². The van der Waals surface area contributed by atoms with E-state index < -0.39 is 13.3 Å². The van der Waals surface area contributed by atoms with E-state index in [0.29, 0.717) is 12.8 Å². The molecule has 0 N–H and O–H groups in total.